The maximum absolute atomic E-state index is 12.8. The number of anilines is 1. The van der Waals surface area contributed by atoms with E-state index in [1.807, 2.05) is 0 Å². The summed E-state index contributed by atoms with van der Waals surface area (Å²) in [5.41, 5.74) is 0.449. The van der Waals surface area contributed by atoms with Crippen LogP contribution in [0.2, 0.25) is 0 Å². The molecule has 8 nitrogen and oxygen atoms in total. The predicted molar refractivity (Wildman–Crippen MR) is 104 cm³/mol. The number of phenols is 1. The summed E-state index contributed by atoms with van der Waals surface area (Å²) >= 11 is 0. The van der Waals surface area contributed by atoms with E-state index in [0.29, 0.717) is 17.1 Å². The summed E-state index contributed by atoms with van der Waals surface area (Å²) in [5, 5.41) is 11.5. The van der Waals surface area contributed by atoms with Crippen molar-refractivity contribution in [2.75, 3.05) is 18.6 Å². The van der Waals surface area contributed by atoms with Gasteiger partial charge in [0.1, 0.15) is 17.9 Å². The highest BCUT2D eigenvalue weighted by atomic mass is 16.5. The molecule has 4 amide bonds. The molecular weight excluding hydrogens is 376 g/mol. The van der Waals surface area contributed by atoms with Crippen molar-refractivity contribution < 1.29 is 29.0 Å². The molecule has 0 atom stereocenters. The lowest BCUT2D eigenvalue weighted by molar-refractivity contribution is -0.122. The third kappa shape index (κ3) is 4.04. The van der Waals surface area contributed by atoms with Gasteiger partial charge in [0, 0.05) is 0 Å². The molecule has 0 spiro atoms. The van der Waals surface area contributed by atoms with Gasteiger partial charge < -0.3 is 14.6 Å². The highest BCUT2D eigenvalue weighted by molar-refractivity contribution is 6.39. The van der Waals surface area contributed by atoms with Crippen LogP contribution in [0.1, 0.15) is 5.56 Å². The summed E-state index contributed by atoms with van der Waals surface area (Å²) in [7, 11) is 1.44. The number of hydrogen-bond acceptors (Lipinski definition) is 6. The molecule has 1 heterocycles. The Labute approximate surface area is 166 Å². The number of urea groups is 1. The number of phenolic OH excluding ortho intramolecular Hbond substituents is 1. The van der Waals surface area contributed by atoms with Crippen LogP contribution in [0.15, 0.2) is 48.0 Å². The molecule has 29 heavy (non-hydrogen) atoms. The van der Waals surface area contributed by atoms with E-state index in [2.05, 4.69) is 11.2 Å². The third-order valence-electron chi connectivity index (χ3n) is 4.02. The van der Waals surface area contributed by atoms with Crippen molar-refractivity contribution in [1.82, 2.24) is 5.32 Å². The molecule has 0 saturated carbocycles. The molecule has 0 unspecified atom stereocenters. The standard InChI is InChI=1S/C21H16N2O6/c1-3-10-29-17-9-4-13(12-18(17)28-2)11-16-19(25)22-21(27)23(20(16)26)14-5-7-15(24)8-6-14/h1,4-9,11-12,24H,10H2,2H3,(H,22,25,27)/b16-11-. The average Bonchev–Trinajstić information content (AvgIpc) is 2.71. The third-order valence-corrected chi connectivity index (χ3v) is 4.02. The Kier molecular flexibility index (Phi) is 5.51. The fourth-order valence-electron chi connectivity index (χ4n) is 2.67. The van der Waals surface area contributed by atoms with Crippen LogP contribution in [-0.4, -0.2) is 36.7 Å². The van der Waals surface area contributed by atoms with Crippen molar-refractivity contribution in [3.05, 3.63) is 53.6 Å². The first-order valence-electron chi connectivity index (χ1n) is 8.39. The molecular formula is C21H16N2O6. The largest absolute Gasteiger partial charge is 0.508 e. The first-order chi connectivity index (χ1) is 13.9. The average molecular weight is 392 g/mol. The fourth-order valence-corrected chi connectivity index (χ4v) is 2.67. The van der Waals surface area contributed by atoms with Gasteiger partial charge in [0.2, 0.25) is 0 Å². The number of hydrogen-bond donors (Lipinski definition) is 2. The van der Waals surface area contributed by atoms with E-state index in [1.165, 1.54) is 37.5 Å². The number of ether oxygens (including phenoxy) is 2. The topological polar surface area (TPSA) is 105 Å². The van der Waals surface area contributed by atoms with Crippen LogP contribution in [0.5, 0.6) is 17.2 Å². The normalized spacial score (nSPS) is 15.1. The first-order valence-corrected chi connectivity index (χ1v) is 8.39. The molecule has 0 aromatic heterocycles. The van der Waals surface area contributed by atoms with Gasteiger partial charge in [0.05, 0.1) is 12.8 Å². The molecule has 146 valence electrons. The summed E-state index contributed by atoms with van der Waals surface area (Å²) in [5.74, 6) is 1.49. The molecule has 1 saturated heterocycles. The van der Waals surface area contributed by atoms with Crippen molar-refractivity contribution in [1.29, 1.82) is 0 Å². The Morgan fingerprint density at radius 2 is 1.86 bits per heavy atom. The second-order valence-electron chi connectivity index (χ2n) is 5.88. The van der Waals surface area contributed by atoms with Gasteiger partial charge in [-0.15, -0.1) is 6.42 Å². The van der Waals surface area contributed by atoms with Crippen LogP contribution in [0.4, 0.5) is 10.5 Å². The van der Waals surface area contributed by atoms with E-state index in [-0.39, 0.29) is 23.6 Å². The number of nitrogens with one attached hydrogen (secondary N) is 1. The Morgan fingerprint density at radius 3 is 2.52 bits per heavy atom. The zero-order valence-electron chi connectivity index (χ0n) is 15.3. The number of rotatable bonds is 5. The summed E-state index contributed by atoms with van der Waals surface area (Å²) in [6.45, 7) is 0.0569. The lowest BCUT2D eigenvalue weighted by Gasteiger charge is -2.26. The number of methoxy groups -OCH3 is 1. The Balaban J connectivity index is 1.96. The lowest BCUT2D eigenvalue weighted by Crippen LogP contribution is -2.54. The second kappa shape index (κ2) is 8.19. The van der Waals surface area contributed by atoms with Crippen molar-refractivity contribution in [2.45, 2.75) is 0 Å². The number of carbonyl (C=O) groups is 3. The minimum atomic E-state index is -0.876. The number of amides is 4. The first kappa shape index (κ1) is 19.5. The molecule has 0 bridgehead atoms. The SMILES string of the molecule is C#CCOc1ccc(/C=C2/C(=O)NC(=O)N(c3ccc(O)cc3)C2=O)cc1OC. The molecule has 3 rings (SSSR count). The number of aromatic hydroxyl groups is 1. The molecule has 1 fully saturated rings. The van der Waals surface area contributed by atoms with Crippen LogP contribution < -0.4 is 19.7 Å². The van der Waals surface area contributed by atoms with Gasteiger partial charge in [0.15, 0.2) is 11.5 Å². The lowest BCUT2D eigenvalue weighted by atomic mass is 10.1. The van der Waals surface area contributed by atoms with Gasteiger partial charge in [-0.25, -0.2) is 9.69 Å². The van der Waals surface area contributed by atoms with Crippen molar-refractivity contribution >= 4 is 29.6 Å². The molecule has 1 aliphatic rings. The van der Waals surface area contributed by atoms with E-state index in [9.17, 15) is 19.5 Å². The molecule has 0 aliphatic carbocycles. The number of barbiturate groups is 1. The number of imide groups is 2. The van der Waals surface area contributed by atoms with Crippen LogP contribution >= 0.6 is 0 Å². The van der Waals surface area contributed by atoms with E-state index >= 15 is 0 Å². The number of terminal acetylenes is 1. The number of nitrogens with zero attached hydrogens (tertiary/aromatic N) is 1. The van der Waals surface area contributed by atoms with Gasteiger partial charge in [-0.3, -0.25) is 14.9 Å². The minimum absolute atomic E-state index is 0.0234. The fraction of sp³-hybridized carbons (Fsp3) is 0.0952. The zero-order chi connectivity index (χ0) is 21.0. The predicted octanol–water partition coefficient (Wildman–Crippen LogP) is 2.08. The number of carbonyl (C=O) groups excluding carboxylic acids is 3. The summed E-state index contributed by atoms with van der Waals surface area (Å²) in [6, 6.07) is 9.34. The van der Waals surface area contributed by atoms with Crippen molar-refractivity contribution in [3.8, 4) is 29.6 Å². The van der Waals surface area contributed by atoms with Gasteiger partial charge >= 0.3 is 6.03 Å². The quantitative estimate of drug-likeness (QED) is 0.459. The molecule has 2 aromatic carbocycles. The van der Waals surface area contributed by atoms with Gasteiger partial charge in [-0.1, -0.05) is 12.0 Å². The molecule has 8 heteroatoms. The zero-order valence-corrected chi connectivity index (χ0v) is 15.3. The summed E-state index contributed by atoms with van der Waals surface area (Å²) in [4.78, 5) is 38.1. The molecule has 1 aliphatic heterocycles. The Hall–Kier alpha value is -4.25. The van der Waals surface area contributed by atoms with E-state index in [4.69, 9.17) is 15.9 Å². The smallest absolute Gasteiger partial charge is 0.335 e. The molecule has 2 aromatic rings. The number of benzene rings is 2. The Bertz CT molecular complexity index is 1050. The monoisotopic (exact) mass is 392 g/mol. The summed E-state index contributed by atoms with van der Waals surface area (Å²) < 4.78 is 10.6. The van der Waals surface area contributed by atoms with Crippen LogP contribution in [-0.2, 0) is 9.59 Å². The van der Waals surface area contributed by atoms with E-state index < -0.39 is 17.8 Å². The maximum atomic E-state index is 12.8. The molecule has 2 N–H and O–H groups in total. The van der Waals surface area contributed by atoms with Crippen LogP contribution in [0.25, 0.3) is 6.08 Å². The highest BCUT2D eigenvalue weighted by Crippen LogP contribution is 2.30. The Morgan fingerprint density at radius 1 is 1.14 bits per heavy atom. The highest BCUT2D eigenvalue weighted by Gasteiger charge is 2.36. The maximum Gasteiger partial charge on any atom is 0.335 e. The minimum Gasteiger partial charge on any atom is -0.508 e. The van der Waals surface area contributed by atoms with Gasteiger partial charge in [0.25, 0.3) is 11.8 Å². The van der Waals surface area contributed by atoms with E-state index in [1.54, 1.807) is 18.2 Å². The van der Waals surface area contributed by atoms with Crippen molar-refractivity contribution in [3.63, 3.8) is 0 Å². The van der Waals surface area contributed by atoms with Crippen LogP contribution in [0, 0.1) is 12.3 Å². The van der Waals surface area contributed by atoms with Crippen LogP contribution in [0.3, 0.4) is 0 Å². The van der Waals surface area contributed by atoms with Gasteiger partial charge in [-0.05, 0) is 48.0 Å². The molecule has 0 radical (unpaired) electrons. The van der Waals surface area contributed by atoms with Crippen molar-refractivity contribution in [2.24, 2.45) is 0 Å². The van der Waals surface area contributed by atoms with Gasteiger partial charge in [-0.2, -0.15) is 0 Å². The summed E-state index contributed by atoms with van der Waals surface area (Å²) in [6.07, 6.45) is 6.52. The van der Waals surface area contributed by atoms with E-state index in [0.717, 1.165) is 4.90 Å². The second-order valence-corrected chi connectivity index (χ2v) is 5.88.